The van der Waals surface area contributed by atoms with Crippen molar-refractivity contribution in [2.24, 2.45) is 5.41 Å². The van der Waals surface area contributed by atoms with Gasteiger partial charge in [-0.3, -0.25) is 9.36 Å². The molecule has 1 amide bonds. The van der Waals surface area contributed by atoms with Crippen molar-refractivity contribution in [3.63, 3.8) is 0 Å². The lowest BCUT2D eigenvalue weighted by atomic mass is 9.95. The maximum atomic E-state index is 11.9. The molecule has 5 nitrogen and oxygen atoms in total. The highest BCUT2D eigenvalue weighted by Crippen LogP contribution is 2.21. The molecule has 0 saturated carbocycles. The third kappa shape index (κ3) is 2.76. The van der Waals surface area contributed by atoms with Crippen molar-refractivity contribution in [2.75, 3.05) is 5.32 Å². The van der Waals surface area contributed by atoms with Crippen LogP contribution >= 0.6 is 0 Å². The Hall–Kier alpha value is -2.04. The van der Waals surface area contributed by atoms with Crippen LogP contribution in [0.5, 0.6) is 0 Å². The van der Waals surface area contributed by atoms with E-state index in [2.05, 4.69) is 5.32 Å². The predicted octanol–water partition coefficient (Wildman–Crippen LogP) is 2.99. The van der Waals surface area contributed by atoms with E-state index in [9.17, 15) is 9.59 Å². The Morgan fingerprint density at radius 3 is 2.65 bits per heavy atom. The van der Waals surface area contributed by atoms with E-state index in [4.69, 9.17) is 4.42 Å². The third-order valence-corrected chi connectivity index (χ3v) is 3.05. The van der Waals surface area contributed by atoms with E-state index >= 15 is 0 Å². The maximum absolute atomic E-state index is 11.9. The highest BCUT2D eigenvalue weighted by atomic mass is 16.4. The first-order valence-corrected chi connectivity index (χ1v) is 6.78. The van der Waals surface area contributed by atoms with Crippen LogP contribution in [-0.2, 0) is 11.3 Å². The first-order valence-electron chi connectivity index (χ1n) is 6.78. The molecule has 0 spiro atoms. The summed E-state index contributed by atoms with van der Waals surface area (Å²) in [7, 11) is 0. The lowest BCUT2D eigenvalue weighted by Gasteiger charge is -2.17. The quantitative estimate of drug-likeness (QED) is 0.937. The normalized spacial score (nSPS) is 11.8. The molecule has 108 valence electrons. The van der Waals surface area contributed by atoms with Crippen molar-refractivity contribution >= 4 is 22.7 Å². The van der Waals surface area contributed by atoms with Crippen molar-refractivity contribution in [1.82, 2.24) is 4.57 Å². The van der Waals surface area contributed by atoms with Gasteiger partial charge in [0.1, 0.15) is 0 Å². The van der Waals surface area contributed by atoms with E-state index in [1.54, 1.807) is 22.8 Å². The molecule has 0 saturated heterocycles. The van der Waals surface area contributed by atoms with Gasteiger partial charge in [-0.1, -0.05) is 27.7 Å². The highest BCUT2D eigenvalue weighted by molar-refractivity contribution is 5.95. The molecule has 2 aromatic rings. The molecule has 0 aliphatic carbocycles. The van der Waals surface area contributed by atoms with Gasteiger partial charge in [0.2, 0.25) is 5.91 Å². The Labute approximate surface area is 117 Å². The van der Waals surface area contributed by atoms with Crippen LogP contribution < -0.4 is 11.1 Å². The summed E-state index contributed by atoms with van der Waals surface area (Å²) < 4.78 is 6.82. The minimum Gasteiger partial charge on any atom is -0.408 e. The molecule has 2 rings (SSSR count). The summed E-state index contributed by atoms with van der Waals surface area (Å²) in [5.74, 6) is -0.437. The Kier molecular flexibility index (Phi) is 3.70. The van der Waals surface area contributed by atoms with Crippen molar-refractivity contribution in [1.29, 1.82) is 0 Å². The summed E-state index contributed by atoms with van der Waals surface area (Å²) in [6.45, 7) is 8.17. The smallest absolute Gasteiger partial charge is 0.408 e. The highest BCUT2D eigenvalue weighted by Gasteiger charge is 2.21. The molecule has 0 radical (unpaired) electrons. The lowest BCUT2D eigenvalue weighted by Crippen LogP contribution is -2.27. The zero-order valence-corrected chi connectivity index (χ0v) is 12.3. The molecule has 1 aromatic carbocycles. The van der Waals surface area contributed by atoms with Crippen LogP contribution in [0.2, 0.25) is 0 Å². The zero-order valence-electron chi connectivity index (χ0n) is 12.3. The van der Waals surface area contributed by atoms with Crippen LogP contribution in [-0.4, -0.2) is 10.5 Å². The summed E-state index contributed by atoms with van der Waals surface area (Å²) in [5, 5.41) is 2.82. The average Bonchev–Trinajstić information content (AvgIpc) is 2.64. The molecule has 1 aromatic heterocycles. The van der Waals surface area contributed by atoms with Gasteiger partial charge in [-0.15, -0.1) is 0 Å². The molecule has 0 aliphatic heterocycles. The number of fused-ring (bicyclic) bond motifs is 1. The summed E-state index contributed by atoms with van der Waals surface area (Å²) in [5.41, 5.74) is 1.42. The van der Waals surface area contributed by atoms with Crippen molar-refractivity contribution in [2.45, 2.75) is 40.7 Å². The largest absolute Gasteiger partial charge is 0.419 e. The van der Waals surface area contributed by atoms with Gasteiger partial charge in [0, 0.05) is 23.7 Å². The monoisotopic (exact) mass is 276 g/mol. The number of oxazole rings is 1. The van der Waals surface area contributed by atoms with Gasteiger partial charge >= 0.3 is 5.76 Å². The number of carbonyl (C=O) groups is 1. The Morgan fingerprint density at radius 1 is 1.35 bits per heavy atom. The topological polar surface area (TPSA) is 64.2 Å². The fraction of sp³-hybridized carbons (Fsp3) is 0.467. The average molecular weight is 276 g/mol. The molecule has 0 aliphatic rings. The van der Waals surface area contributed by atoms with Gasteiger partial charge < -0.3 is 9.73 Å². The summed E-state index contributed by atoms with van der Waals surface area (Å²) in [4.78, 5) is 23.7. The second-order valence-corrected chi connectivity index (χ2v) is 5.91. The first kappa shape index (κ1) is 14.4. The predicted molar refractivity (Wildman–Crippen MR) is 78.8 cm³/mol. The van der Waals surface area contributed by atoms with Gasteiger partial charge in [-0.25, -0.2) is 4.79 Å². The number of anilines is 1. The molecular formula is C15H20N2O3. The van der Waals surface area contributed by atoms with Crippen molar-refractivity contribution in [3.05, 3.63) is 28.7 Å². The van der Waals surface area contributed by atoms with Crippen LogP contribution in [0.1, 0.15) is 34.1 Å². The summed E-state index contributed by atoms with van der Waals surface area (Å²) >= 11 is 0. The van der Waals surface area contributed by atoms with E-state index < -0.39 is 5.41 Å². The lowest BCUT2D eigenvalue weighted by molar-refractivity contribution is -0.123. The number of hydrogen-bond acceptors (Lipinski definition) is 3. The molecule has 0 fully saturated rings. The summed E-state index contributed by atoms with van der Waals surface area (Å²) in [6, 6.07) is 5.27. The zero-order chi connectivity index (χ0) is 14.9. The minimum atomic E-state index is -0.468. The number of nitrogens with zero attached hydrogens (tertiary/aromatic N) is 1. The third-order valence-electron chi connectivity index (χ3n) is 3.05. The second-order valence-electron chi connectivity index (χ2n) is 5.91. The number of hydrogen-bond donors (Lipinski definition) is 1. The molecule has 1 N–H and O–H groups in total. The molecule has 20 heavy (non-hydrogen) atoms. The molecule has 1 heterocycles. The second kappa shape index (κ2) is 5.15. The fourth-order valence-electron chi connectivity index (χ4n) is 1.90. The van der Waals surface area contributed by atoms with Gasteiger partial charge in [0.25, 0.3) is 0 Å². The Balaban J connectivity index is 2.36. The van der Waals surface area contributed by atoms with Gasteiger partial charge in [0.05, 0.1) is 5.52 Å². The number of amides is 1. The standard InChI is InChI=1S/C15H20N2O3/c1-5-8-17-11-7-6-10(9-12(11)20-14(17)19)16-13(18)15(2,3)4/h6-7,9H,5,8H2,1-4H3,(H,16,18). The van der Waals surface area contributed by atoms with E-state index in [0.29, 0.717) is 17.8 Å². The number of carbonyl (C=O) groups excluding carboxylic acids is 1. The van der Waals surface area contributed by atoms with E-state index in [-0.39, 0.29) is 11.7 Å². The summed E-state index contributed by atoms with van der Waals surface area (Å²) in [6.07, 6.45) is 0.858. The first-order chi connectivity index (χ1) is 9.32. The maximum Gasteiger partial charge on any atom is 0.419 e. The number of nitrogens with one attached hydrogen (secondary N) is 1. The van der Waals surface area contributed by atoms with Gasteiger partial charge in [0.15, 0.2) is 5.58 Å². The van der Waals surface area contributed by atoms with Crippen LogP contribution in [0.15, 0.2) is 27.4 Å². The van der Waals surface area contributed by atoms with E-state index in [1.807, 2.05) is 27.7 Å². The van der Waals surface area contributed by atoms with Gasteiger partial charge in [-0.05, 0) is 18.6 Å². The van der Waals surface area contributed by atoms with E-state index in [0.717, 1.165) is 11.9 Å². The molecule has 0 unspecified atom stereocenters. The fourth-order valence-corrected chi connectivity index (χ4v) is 1.90. The van der Waals surface area contributed by atoms with Gasteiger partial charge in [-0.2, -0.15) is 0 Å². The molecule has 0 bridgehead atoms. The van der Waals surface area contributed by atoms with Crippen LogP contribution in [0.25, 0.3) is 11.1 Å². The molecule has 0 atom stereocenters. The number of aryl methyl sites for hydroxylation is 1. The number of rotatable bonds is 3. The van der Waals surface area contributed by atoms with Crippen LogP contribution in [0.3, 0.4) is 0 Å². The number of aromatic nitrogens is 1. The molecule has 5 heteroatoms. The van der Waals surface area contributed by atoms with Crippen molar-refractivity contribution in [3.8, 4) is 0 Å². The SMILES string of the molecule is CCCn1c(=O)oc2cc(NC(=O)C(C)(C)C)ccc21. The number of benzene rings is 1. The van der Waals surface area contributed by atoms with Crippen LogP contribution in [0, 0.1) is 5.41 Å². The Bertz CT molecular complexity index is 689. The van der Waals surface area contributed by atoms with E-state index in [1.165, 1.54) is 0 Å². The van der Waals surface area contributed by atoms with Crippen molar-refractivity contribution < 1.29 is 9.21 Å². The molecular weight excluding hydrogens is 256 g/mol. The van der Waals surface area contributed by atoms with Crippen LogP contribution in [0.4, 0.5) is 5.69 Å². The minimum absolute atomic E-state index is 0.0767. The Morgan fingerprint density at radius 2 is 2.05 bits per heavy atom.